The number of nitrogens with zero attached hydrogens (tertiary/aromatic N) is 1. The normalized spacial score (nSPS) is 15.4. The van der Waals surface area contributed by atoms with E-state index in [1.807, 2.05) is 0 Å². The van der Waals surface area contributed by atoms with Crippen molar-refractivity contribution in [1.82, 2.24) is 4.90 Å². The molecule has 1 heterocycles. The monoisotopic (exact) mass is 289 g/mol. The molecule has 1 saturated heterocycles. The van der Waals surface area contributed by atoms with E-state index in [2.05, 4.69) is 11.8 Å². The summed E-state index contributed by atoms with van der Waals surface area (Å²) in [5, 5.41) is 8.66. The van der Waals surface area contributed by atoms with Crippen molar-refractivity contribution in [2.45, 2.75) is 32.2 Å². The molecule has 0 unspecified atom stereocenters. The average Bonchev–Trinajstić information content (AvgIpc) is 2.60. The van der Waals surface area contributed by atoms with Gasteiger partial charge in [0.25, 0.3) is 0 Å². The van der Waals surface area contributed by atoms with Crippen molar-refractivity contribution in [2.24, 2.45) is 0 Å². The van der Waals surface area contributed by atoms with E-state index in [0.29, 0.717) is 36.8 Å². The van der Waals surface area contributed by atoms with E-state index in [-0.39, 0.29) is 25.0 Å². The molecule has 1 N–H and O–H groups in total. The second-order valence-corrected chi connectivity index (χ2v) is 4.89. The smallest absolute Gasteiger partial charge is 0.229 e. The molecule has 0 radical (unpaired) electrons. The van der Waals surface area contributed by atoms with Crippen molar-refractivity contribution in [3.8, 4) is 11.8 Å². The number of carbonyl (C=O) groups is 2. The first kappa shape index (κ1) is 15.2. The van der Waals surface area contributed by atoms with Crippen molar-refractivity contribution in [3.05, 3.63) is 35.1 Å². The lowest BCUT2D eigenvalue weighted by atomic mass is 10.1. The zero-order valence-corrected chi connectivity index (χ0v) is 11.6. The Morgan fingerprint density at radius 1 is 1.14 bits per heavy atom. The van der Waals surface area contributed by atoms with Crippen LogP contribution in [0, 0.1) is 17.7 Å². The molecule has 2 rings (SSSR count). The highest BCUT2D eigenvalue weighted by Gasteiger charge is 2.24. The zero-order chi connectivity index (χ0) is 15.2. The highest BCUT2D eigenvalue weighted by atomic mass is 19.1. The number of hydrogen-bond donors (Lipinski definition) is 1. The Morgan fingerprint density at radius 2 is 1.81 bits per heavy atom. The number of aliphatic hydroxyl groups excluding tert-OH is 1. The van der Waals surface area contributed by atoms with Gasteiger partial charge in [0.05, 0.1) is 6.54 Å². The van der Waals surface area contributed by atoms with E-state index >= 15 is 0 Å². The van der Waals surface area contributed by atoms with Crippen LogP contribution in [0.1, 0.15) is 36.8 Å². The van der Waals surface area contributed by atoms with E-state index in [4.69, 9.17) is 5.11 Å². The molecule has 0 atom stereocenters. The van der Waals surface area contributed by atoms with Crippen LogP contribution in [0.25, 0.3) is 0 Å². The molecule has 5 heteroatoms. The third kappa shape index (κ3) is 4.14. The molecule has 21 heavy (non-hydrogen) atoms. The molecule has 1 fully saturated rings. The maximum atomic E-state index is 13.6. The number of hydrogen-bond acceptors (Lipinski definition) is 3. The Labute approximate surface area is 122 Å². The SMILES string of the molecule is O=C1CCCCC(=O)N1Cc1cc(F)cc(C#CCO)c1. The molecule has 110 valence electrons. The molecule has 1 aromatic rings. The molecule has 1 aliphatic heterocycles. The molecule has 0 aromatic heterocycles. The van der Waals surface area contributed by atoms with E-state index in [0.717, 1.165) is 0 Å². The van der Waals surface area contributed by atoms with Crippen LogP contribution in [0.3, 0.4) is 0 Å². The van der Waals surface area contributed by atoms with Gasteiger partial charge in [-0.3, -0.25) is 14.5 Å². The van der Waals surface area contributed by atoms with Crippen molar-refractivity contribution >= 4 is 11.8 Å². The first-order chi connectivity index (χ1) is 10.1. The number of benzene rings is 1. The fraction of sp³-hybridized carbons (Fsp3) is 0.375. The second-order valence-electron chi connectivity index (χ2n) is 4.89. The number of imide groups is 1. The van der Waals surface area contributed by atoms with Crippen molar-refractivity contribution in [3.63, 3.8) is 0 Å². The summed E-state index contributed by atoms with van der Waals surface area (Å²) in [4.78, 5) is 25.0. The van der Waals surface area contributed by atoms with Gasteiger partial charge in [0.2, 0.25) is 11.8 Å². The summed E-state index contributed by atoms with van der Waals surface area (Å²) in [6, 6.07) is 4.16. The molecule has 2 amide bonds. The Bertz CT molecular complexity index is 598. The quantitative estimate of drug-likeness (QED) is 0.664. The van der Waals surface area contributed by atoms with Gasteiger partial charge in [0, 0.05) is 18.4 Å². The number of halogens is 1. The zero-order valence-electron chi connectivity index (χ0n) is 11.6. The first-order valence-corrected chi connectivity index (χ1v) is 6.82. The van der Waals surface area contributed by atoms with E-state index in [1.54, 1.807) is 6.07 Å². The van der Waals surface area contributed by atoms with Gasteiger partial charge in [-0.05, 0) is 36.6 Å². The number of aliphatic hydroxyl groups is 1. The molecule has 1 aliphatic rings. The predicted molar refractivity (Wildman–Crippen MR) is 74.4 cm³/mol. The maximum Gasteiger partial charge on any atom is 0.229 e. The fourth-order valence-electron chi connectivity index (χ4n) is 2.28. The minimum atomic E-state index is -0.482. The molecule has 0 saturated carbocycles. The summed E-state index contributed by atoms with van der Waals surface area (Å²) < 4.78 is 13.6. The van der Waals surface area contributed by atoms with Gasteiger partial charge in [-0.15, -0.1) is 0 Å². The van der Waals surface area contributed by atoms with Crippen LogP contribution in [-0.2, 0) is 16.1 Å². The van der Waals surface area contributed by atoms with Gasteiger partial charge in [0.15, 0.2) is 0 Å². The van der Waals surface area contributed by atoms with Crippen LogP contribution in [0.5, 0.6) is 0 Å². The maximum absolute atomic E-state index is 13.6. The summed E-state index contributed by atoms with van der Waals surface area (Å²) in [7, 11) is 0. The van der Waals surface area contributed by atoms with Gasteiger partial charge in [0.1, 0.15) is 12.4 Å². The highest BCUT2D eigenvalue weighted by Crippen LogP contribution is 2.17. The number of likely N-dealkylation sites (tertiary alicyclic amines) is 1. The Balaban J connectivity index is 2.23. The third-order valence-electron chi connectivity index (χ3n) is 3.24. The lowest BCUT2D eigenvalue weighted by molar-refractivity contribution is -0.144. The van der Waals surface area contributed by atoms with Crippen molar-refractivity contribution in [1.29, 1.82) is 0 Å². The largest absolute Gasteiger partial charge is 0.384 e. The number of rotatable bonds is 2. The minimum absolute atomic E-state index is 0.0588. The lowest BCUT2D eigenvalue weighted by Gasteiger charge is -2.18. The fourth-order valence-corrected chi connectivity index (χ4v) is 2.28. The van der Waals surface area contributed by atoms with Gasteiger partial charge in [-0.1, -0.05) is 11.8 Å². The Morgan fingerprint density at radius 3 is 2.43 bits per heavy atom. The molecule has 0 spiro atoms. The Hall–Kier alpha value is -2.19. The number of amides is 2. The van der Waals surface area contributed by atoms with Crippen LogP contribution in [-0.4, -0.2) is 28.4 Å². The minimum Gasteiger partial charge on any atom is -0.384 e. The van der Waals surface area contributed by atoms with E-state index in [9.17, 15) is 14.0 Å². The molecule has 0 aliphatic carbocycles. The number of carbonyl (C=O) groups excluding carboxylic acids is 2. The van der Waals surface area contributed by atoms with Gasteiger partial charge < -0.3 is 5.11 Å². The van der Waals surface area contributed by atoms with Gasteiger partial charge in [-0.2, -0.15) is 0 Å². The van der Waals surface area contributed by atoms with Crippen LogP contribution < -0.4 is 0 Å². The summed E-state index contributed by atoms with van der Waals surface area (Å²) in [5.41, 5.74) is 0.926. The van der Waals surface area contributed by atoms with Crippen molar-refractivity contribution in [2.75, 3.05) is 6.61 Å². The molecule has 4 nitrogen and oxygen atoms in total. The topological polar surface area (TPSA) is 57.6 Å². The molecule has 0 bridgehead atoms. The molecule has 1 aromatic carbocycles. The predicted octanol–water partition coefficient (Wildman–Crippen LogP) is 1.60. The second kappa shape index (κ2) is 7.00. The van der Waals surface area contributed by atoms with Gasteiger partial charge >= 0.3 is 0 Å². The van der Waals surface area contributed by atoms with E-state index < -0.39 is 5.82 Å². The van der Waals surface area contributed by atoms with Gasteiger partial charge in [-0.25, -0.2) is 4.39 Å². The van der Waals surface area contributed by atoms with Crippen LogP contribution in [0.15, 0.2) is 18.2 Å². The highest BCUT2D eigenvalue weighted by molar-refractivity contribution is 5.95. The third-order valence-corrected chi connectivity index (χ3v) is 3.24. The van der Waals surface area contributed by atoms with Crippen LogP contribution >= 0.6 is 0 Å². The van der Waals surface area contributed by atoms with Crippen LogP contribution in [0.4, 0.5) is 4.39 Å². The van der Waals surface area contributed by atoms with Crippen molar-refractivity contribution < 1.29 is 19.1 Å². The molecular weight excluding hydrogens is 273 g/mol. The van der Waals surface area contributed by atoms with Crippen LogP contribution in [0.2, 0.25) is 0 Å². The lowest BCUT2D eigenvalue weighted by Crippen LogP contribution is -2.34. The molecular formula is C16H16FNO3. The average molecular weight is 289 g/mol. The van der Waals surface area contributed by atoms with E-state index in [1.165, 1.54) is 17.0 Å². The summed E-state index contributed by atoms with van der Waals surface area (Å²) in [5.74, 6) is 4.14. The first-order valence-electron chi connectivity index (χ1n) is 6.82. The standard InChI is InChI=1S/C16H16FNO3/c17-14-9-12(4-3-7-19)8-13(10-14)11-18-15(20)5-1-2-6-16(18)21/h8-10,19H,1-2,5-7,11H2. The summed E-state index contributed by atoms with van der Waals surface area (Å²) in [6.45, 7) is -0.252. The summed E-state index contributed by atoms with van der Waals surface area (Å²) in [6.07, 6.45) is 2.10. The Kier molecular flexibility index (Phi) is 5.07. The summed E-state index contributed by atoms with van der Waals surface area (Å²) >= 11 is 0.